The van der Waals surface area contributed by atoms with Crippen LogP contribution in [0.1, 0.15) is 0 Å². The summed E-state index contributed by atoms with van der Waals surface area (Å²) >= 11 is 0. The van der Waals surface area contributed by atoms with Gasteiger partial charge in [0.05, 0.1) is 0 Å². The fourth-order valence-electron chi connectivity index (χ4n) is 0. The standard InChI is InChI=1S/Cu.Fe.H2S.Sn.Zn.2H/h;;1H2;;;;. The van der Waals surface area contributed by atoms with E-state index in [4.69, 9.17) is 0 Å². The molecule has 5 heavy (non-hydrogen) atoms. The smallest absolute Gasteiger partial charge is 0 e. The van der Waals surface area contributed by atoms with Crippen LogP contribution < -0.4 is 0 Å². The van der Waals surface area contributed by atoms with Crippen molar-refractivity contribution in [2.24, 2.45) is 0 Å². The van der Waals surface area contributed by atoms with E-state index in [1.54, 1.807) is 0 Å². The molecule has 0 bridgehead atoms. The van der Waals surface area contributed by atoms with E-state index in [2.05, 4.69) is 0 Å². The SMILES string of the molecule is S.[Cu].[Fe].[SnH2].[Zn]. The van der Waals surface area contributed by atoms with Crippen LogP contribution in [-0.4, -0.2) is 23.9 Å². The van der Waals surface area contributed by atoms with Crippen LogP contribution in [0.4, 0.5) is 0 Å². The minimum atomic E-state index is 0. The molecule has 0 N–H and O–H groups in total. The topological polar surface area (TPSA) is 0 Å². The van der Waals surface area contributed by atoms with E-state index in [-0.39, 0.29) is 91.0 Å². The molecule has 0 aliphatic rings. The zero-order chi connectivity index (χ0) is 0. The van der Waals surface area contributed by atoms with Crippen molar-refractivity contribution >= 4 is 37.4 Å². The van der Waals surface area contributed by atoms with Gasteiger partial charge in [-0.25, -0.2) is 0 Å². The molecule has 0 aromatic heterocycles. The average Bonchev–Trinajstić information content (AvgIpc) is 0. The summed E-state index contributed by atoms with van der Waals surface area (Å²) in [6, 6.07) is 0. The van der Waals surface area contributed by atoms with Gasteiger partial charge in [0.25, 0.3) is 0 Å². The van der Waals surface area contributed by atoms with Gasteiger partial charge in [-0.05, 0) is 0 Å². The summed E-state index contributed by atoms with van der Waals surface area (Å²) in [7, 11) is 0. The molecule has 0 saturated heterocycles. The molecule has 0 aromatic carbocycles. The van der Waals surface area contributed by atoms with Crippen LogP contribution in [0.5, 0.6) is 0 Å². The minimum Gasteiger partial charge on any atom is 0 e. The third kappa shape index (κ3) is 20.0. The predicted octanol–water partition coefficient (Wildman–Crippen LogP) is -0.811. The molecule has 0 nitrogen and oxygen atoms in total. The van der Waals surface area contributed by atoms with Crippen LogP contribution in [0.3, 0.4) is 0 Å². The van der Waals surface area contributed by atoms with Crippen molar-refractivity contribution in [2.75, 3.05) is 0 Å². The Morgan fingerprint density at radius 2 is 1.00 bits per heavy atom. The molecular weight excluding hydrogens is 336 g/mol. The molecule has 0 rings (SSSR count). The van der Waals surface area contributed by atoms with E-state index in [0.29, 0.717) is 0 Å². The Labute approximate surface area is 89.7 Å². The van der Waals surface area contributed by atoms with E-state index >= 15 is 0 Å². The molecule has 0 aromatic rings. The van der Waals surface area contributed by atoms with Gasteiger partial charge in [-0.1, -0.05) is 0 Å². The van der Waals surface area contributed by atoms with Gasteiger partial charge in [-0.3, -0.25) is 0 Å². The Morgan fingerprint density at radius 3 is 1.00 bits per heavy atom. The Balaban J connectivity index is 0. The van der Waals surface area contributed by atoms with Crippen molar-refractivity contribution in [3.05, 3.63) is 0 Å². The Hall–Kier alpha value is 2.81. The van der Waals surface area contributed by atoms with Crippen molar-refractivity contribution in [3.63, 3.8) is 0 Å². The minimum absolute atomic E-state index is 0. The first-order chi connectivity index (χ1) is 0. The summed E-state index contributed by atoms with van der Waals surface area (Å²) in [6.07, 6.45) is 0. The van der Waals surface area contributed by atoms with Crippen LogP contribution in [0.2, 0.25) is 0 Å². The van der Waals surface area contributed by atoms with Gasteiger partial charge in [0.15, 0.2) is 0 Å². The molecular formula is H4CuFeSSnZn. The largest absolute Gasteiger partial charge is 0 e. The monoisotopic (exact) mass is 339 g/mol. The van der Waals surface area contributed by atoms with Crippen LogP contribution in [0.15, 0.2) is 0 Å². The summed E-state index contributed by atoms with van der Waals surface area (Å²) in [5.41, 5.74) is 0. The van der Waals surface area contributed by atoms with Gasteiger partial charge in [0.2, 0.25) is 0 Å². The quantitative estimate of drug-likeness (QED) is 0.507. The molecule has 0 saturated carbocycles. The Morgan fingerprint density at radius 1 is 1.00 bits per heavy atom. The van der Waals surface area contributed by atoms with Gasteiger partial charge in [-0.2, -0.15) is 13.5 Å². The second-order valence-electron chi connectivity index (χ2n) is 0. The molecule has 0 spiro atoms. The Bertz CT molecular complexity index is 11.6. The van der Waals surface area contributed by atoms with Crippen LogP contribution in [-0.2, 0) is 53.6 Å². The van der Waals surface area contributed by atoms with Crippen molar-refractivity contribution in [1.82, 2.24) is 0 Å². The van der Waals surface area contributed by atoms with Crippen molar-refractivity contribution in [1.29, 1.82) is 0 Å². The van der Waals surface area contributed by atoms with Gasteiger partial charge in [0.1, 0.15) is 0 Å². The third-order valence-corrected chi connectivity index (χ3v) is 0. The van der Waals surface area contributed by atoms with Gasteiger partial charge in [0, 0.05) is 53.6 Å². The second-order valence-corrected chi connectivity index (χ2v) is 0. The first kappa shape index (κ1) is 45.9. The first-order valence-corrected chi connectivity index (χ1v) is 0. The molecule has 0 amide bonds. The summed E-state index contributed by atoms with van der Waals surface area (Å²) in [4.78, 5) is 0. The number of hydrogen-bond donors (Lipinski definition) is 0. The van der Waals surface area contributed by atoms with Crippen molar-refractivity contribution in [3.8, 4) is 0 Å². The first-order valence-electron chi connectivity index (χ1n) is 0. The predicted molar refractivity (Wildman–Crippen MR) is 18.9 cm³/mol. The zero-order valence-electron chi connectivity index (χ0n) is 2.57. The van der Waals surface area contributed by atoms with E-state index in [1.807, 2.05) is 0 Å². The number of hydrogen-bond acceptors (Lipinski definition) is 0. The van der Waals surface area contributed by atoms with E-state index in [1.165, 1.54) is 0 Å². The Kier molecular flexibility index (Phi) is 267. The zero-order valence-corrected chi connectivity index (χ0v) is 12.6. The second kappa shape index (κ2) is 29.1. The molecule has 0 atom stereocenters. The molecule has 0 unspecified atom stereocenters. The summed E-state index contributed by atoms with van der Waals surface area (Å²) in [5.74, 6) is 0. The van der Waals surface area contributed by atoms with E-state index < -0.39 is 0 Å². The van der Waals surface area contributed by atoms with Crippen LogP contribution in [0, 0.1) is 0 Å². The number of rotatable bonds is 0. The summed E-state index contributed by atoms with van der Waals surface area (Å²) in [5, 5.41) is 0. The van der Waals surface area contributed by atoms with E-state index in [0.717, 1.165) is 0 Å². The van der Waals surface area contributed by atoms with Crippen molar-refractivity contribution in [2.45, 2.75) is 0 Å². The maximum atomic E-state index is 0. The molecule has 35 valence electrons. The molecule has 5 heteroatoms. The fraction of sp³-hybridized carbons (Fsp3) is 0. The van der Waals surface area contributed by atoms with Gasteiger partial charge >= 0.3 is 23.9 Å². The van der Waals surface area contributed by atoms with Crippen LogP contribution in [0.25, 0.3) is 0 Å². The van der Waals surface area contributed by atoms with E-state index in [9.17, 15) is 0 Å². The maximum Gasteiger partial charge on any atom is 0 e. The molecule has 0 fully saturated rings. The molecule has 3 radical (unpaired) electrons. The van der Waals surface area contributed by atoms with Gasteiger partial charge in [-0.15, -0.1) is 0 Å². The maximum absolute atomic E-state index is 0. The van der Waals surface area contributed by atoms with Crippen molar-refractivity contribution < 1.29 is 53.6 Å². The normalized spacial score (nSPS) is 0. The average molecular weight is 340 g/mol. The molecule has 0 heterocycles. The molecule has 0 aliphatic heterocycles. The summed E-state index contributed by atoms with van der Waals surface area (Å²) < 4.78 is 0. The molecule has 0 aliphatic carbocycles. The summed E-state index contributed by atoms with van der Waals surface area (Å²) in [6.45, 7) is 0. The fourth-order valence-corrected chi connectivity index (χ4v) is 0. The third-order valence-electron chi connectivity index (χ3n) is 0. The van der Waals surface area contributed by atoms with Crippen LogP contribution >= 0.6 is 13.5 Å². The van der Waals surface area contributed by atoms with Gasteiger partial charge < -0.3 is 0 Å².